The number of thiazole rings is 2. The SMILES string of the molecule is O=C(O)C1=C(Sc2cscn2)C(C(c2ccccc2)c2ccccc2)C[C@@H]2[C@H](NC(=O)C(=NOC(c3ccccc3)(c3ccccc3)c3ccccc3)c3nc(NC(c4ccccc4)(c4ccccc4)c4ccccc4)sc3Cl)C(=O)N12. The van der Waals surface area contributed by atoms with Crippen LogP contribution in [0.15, 0.2) is 274 Å². The van der Waals surface area contributed by atoms with Crippen LogP contribution in [-0.2, 0) is 30.4 Å². The van der Waals surface area contributed by atoms with Crippen molar-refractivity contribution in [1.82, 2.24) is 20.2 Å². The summed E-state index contributed by atoms with van der Waals surface area (Å²) >= 11 is 11.2. The number of carboxylic acids is 1. The number of hydrogen-bond donors (Lipinski definition) is 3. The van der Waals surface area contributed by atoms with Gasteiger partial charge < -0.3 is 20.6 Å². The van der Waals surface area contributed by atoms with E-state index >= 15 is 4.79 Å². The highest BCUT2D eigenvalue weighted by molar-refractivity contribution is 8.03. The van der Waals surface area contributed by atoms with E-state index in [-0.39, 0.29) is 33.8 Å². The Bertz CT molecular complexity index is 3670. The summed E-state index contributed by atoms with van der Waals surface area (Å²) in [6.07, 6.45) is 0.280. The maximum atomic E-state index is 15.8. The molecule has 0 aliphatic carbocycles. The molecule has 8 aromatic carbocycles. The van der Waals surface area contributed by atoms with E-state index in [4.69, 9.17) is 26.6 Å². The van der Waals surface area contributed by atoms with Crippen molar-refractivity contribution in [3.63, 3.8) is 0 Å². The van der Waals surface area contributed by atoms with Gasteiger partial charge in [0.05, 0.1) is 11.6 Å². The Morgan fingerprint density at radius 3 is 1.52 bits per heavy atom. The van der Waals surface area contributed by atoms with Crippen molar-refractivity contribution in [2.45, 2.75) is 40.6 Å². The normalized spacial score (nSPS) is 16.3. The number of carbonyl (C=O) groups excluding carboxylic acids is 2. The fourth-order valence-corrected chi connectivity index (χ4v) is 14.4. The van der Waals surface area contributed by atoms with E-state index in [0.717, 1.165) is 39.2 Å². The first-order valence-corrected chi connectivity index (χ1v) is 29.5. The molecule has 2 aliphatic heterocycles. The second kappa shape index (κ2) is 23.7. The molecule has 1 fully saturated rings. The predicted octanol–water partition coefficient (Wildman–Crippen LogP) is 14.0. The molecule has 4 heterocycles. The topological polar surface area (TPSA) is 146 Å². The van der Waals surface area contributed by atoms with Crippen molar-refractivity contribution < 1.29 is 24.3 Å². The lowest BCUT2D eigenvalue weighted by Crippen LogP contribution is -2.73. The summed E-state index contributed by atoms with van der Waals surface area (Å²) in [6, 6.07) is 76.9. The van der Waals surface area contributed by atoms with E-state index in [2.05, 4.69) is 52.0 Å². The van der Waals surface area contributed by atoms with Crippen LogP contribution in [0.4, 0.5) is 5.13 Å². The largest absolute Gasteiger partial charge is 0.477 e. The Morgan fingerprint density at radius 1 is 0.659 bits per heavy atom. The summed E-state index contributed by atoms with van der Waals surface area (Å²) in [7, 11) is 0. The van der Waals surface area contributed by atoms with Gasteiger partial charge in [-0.05, 0) is 34.2 Å². The Morgan fingerprint density at radius 2 is 1.10 bits per heavy atom. The molecule has 15 heteroatoms. The lowest BCUT2D eigenvalue weighted by atomic mass is 9.71. The van der Waals surface area contributed by atoms with E-state index in [0.29, 0.717) is 31.8 Å². The summed E-state index contributed by atoms with van der Waals surface area (Å²) in [5, 5.41) is 25.8. The second-order valence-corrected chi connectivity index (χ2v) is 23.1. The van der Waals surface area contributed by atoms with Crippen molar-refractivity contribution in [3.8, 4) is 0 Å². The van der Waals surface area contributed by atoms with E-state index in [9.17, 15) is 14.7 Å². The molecule has 2 aromatic heterocycles. The zero-order valence-electron chi connectivity index (χ0n) is 43.7. The Balaban J connectivity index is 0.998. The van der Waals surface area contributed by atoms with Gasteiger partial charge in [-0.25, -0.2) is 14.8 Å². The average molecular weight is 1150 g/mol. The molecule has 404 valence electrons. The van der Waals surface area contributed by atoms with Crippen molar-refractivity contribution in [2.24, 2.45) is 11.1 Å². The molecule has 11 nitrogen and oxygen atoms in total. The van der Waals surface area contributed by atoms with Crippen LogP contribution in [0.1, 0.15) is 62.5 Å². The number of anilines is 1. The number of carboxylic acid groups (broad SMARTS) is 1. The third-order valence-electron chi connectivity index (χ3n) is 15.1. The number of nitrogens with zero attached hydrogens (tertiary/aromatic N) is 4. The van der Waals surface area contributed by atoms with Gasteiger partial charge in [-0.1, -0.05) is 283 Å². The van der Waals surface area contributed by atoms with Crippen LogP contribution >= 0.6 is 46.0 Å². The molecule has 3 N–H and O–H groups in total. The summed E-state index contributed by atoms with van der Waals surface area (Å²) in [5.74, 6) is -3.53. The van der Waals surface area contributed by atoms with Gasteiger partial charge in [-0.2, -0.15) is 0 Å². The minimum atomic E-state index is -1.45. The van der Waals surface area contributed by atoms with Gasteiger partial charge in [-0.15, -0.1) is 11.3 Å². The molecule has 3 atom stereocenters. The summed E-state index contributed by atoms with van der Waals surface area (Å²) < 4.78 is 0.112. The molecule has 10 aromatic rings. The van der Waals surface area contributed by atoms with E-state index in [1.54, 1.807) is 5.51 Å². The van der Waals surface area contributed by atoms with Crippen LogP contribution in [0.5, 0.6) is 0 Å². The quantitative estimate of drug-likeness (QED) is 0.0312. The van der Waals surface area contributed by atoms with Crippen LogP contribution in [0.3, 0.4) is 0 Å². The number of benzene rings is 8. The summed E-state index contributed by atoms with van der Waals surface area (Å²) in [4.78, 5) is 63.1. The van der Waals surface area contributed by atoms with Crippen molar-refractivity contribution in [1.29, 1.82) is 0 Å². The van der Waals surface area contributed by atoms with E-state index in [1.165, 1.54) is 28.0 Å². The van der Waals surface area contributed by atoms with Crippen molar-refractivity contribution >= 4 is 74.7 Å². The molecule has 0 spiro atoms. The number of carbonyl (C=O) groups is 3. The number of oxime groups is 1. The Labute approximate surface area is 491 Å². The fourth-order valence-electron chi connectivity index (χ4n) is 11.5. The fraction of sp³-hybridized carbons (Fsp3) is 0.104. The van der Waals surface area contributed by atoms with Crippen molar-refractivity contribution in [2.75, 3.05) is 5.32 Å². The molecule has 2 aliphatic rings. The van der Waals surface area contributed by atoms with Crippen LogP contribution in [-0.4, -0.2) is 55.6 Å². The highest BCUT2D eigenvalue weighted by atomic mass is 35.5. The minimum absolute atomic E-state index is 0.00993. The number of thioether (sulfide) groups is 1. The first-order valence-electron chi connectivity index (χ1n) is 26.6. The number of rotatable bonds is 19. The molecule has 1 unspecified atom stereocenters. The molecule has 12 rings (SSSR count). The van der Waals surface area contributed by atoms with Crippen LogP contribution in [0.25, 0.3) is 0 Å². The van der Waals surface area contributed by atoms with Gasteiger partial charge in [0.25, 0.3) is 11.8 Å². The average Bonchev–Trinajstić information content (AvgIpc) is 3.00. The number of allylic oxidation sites excluding steroid dienone is 1. The first-order chi connectivity index (χ1) is 40.2. The molecule has 82 heavy (non-hydrogen) atoms. The monoisotopic (exact) mass is 1150 g/mol. The zero-order valence-corrected chi connectivity index (χ0v) is 46.9. The zero-order chi connectivity index (χ0) is 56.0. The number of hydrogen-bond acceptors (Lipinski definition) is 11. The second-order valence-electron chi connectivity index (χ2n) is 19.7. The number of aliphatic carboxylic acids is 1. The van der Waals surface area contributed by atoms with Crippen LogP contribution < -0.4 is 10.6 Å². The van der Waals surface area contributed by atoms with Crippen LogP contribution in [0.2, 0.25) is 4.34 Å². The molecular formula is C67H51ClN6O5S3. The maximum Gasteiger partial charge on any atom is 0.353 e. The molecule has 2 amide bonds. The molecular weight excluding hydrogens is 1100 g/mol. The lowest BCUT2D eigenvalue weighted by Gasteiger charge is -2.53. The minimum Gasteiger partial charge on any atom is -0.477 e. The summed E-state index contributed by atoms with van der Waals surface area (Å²) in [5.41, 5.74) is 5.55. The molecule has 0 saturated carbocycles. The number of nitrogens with one attached hydrogen (secondary N) is 2. The third kappa shape index (κ3) is 10.2. The van der Waals surface area contributed by atoms with Crippen molar-refractivity contribution in [3.05, 3.63) is 319 Å². The van der Waals surface area contributed by atoms with Gasteiger partial charge in [-0.3, -0.25) is 14.5 Å². The van der Waals surface area contributed by atoms with Gasteiger partial charge in [0.2, 0.25) is 5.60 Å². The predicted molar refractivity (Wildman–Crippen MR) is 325 cm³/mol. The highest BCUT2D eigenvalue weighted by Gasteiger charge is 2.57. The Kier molecular flexibility index (Phi) is 15.5. The van der Waals surface area contributed by atoms with Gasteiger partial charge >= 0.3 is 5.97 Å². The number of halogens is 1. The number of amides is 2. The van der Waals surface area contributed by atoms with E-state index < -0.39 is 46.9 Å². The third-order valence-corrected chi connectivity index (χ3v) is 18.2. The maximum absolute atomic E-state index is 15.8. The van der Waals surface area contributed by atoms with Gasteiger partial charge in [0.1, 0.15) is 32.3 Å². The highest BCUT2D eigenvalue weighted by Crippen LogP contribution is 2.53. The number of fused-ring (bicyclic) bond motifs is 1. The standard InChI is InChI=1S/C67H51ClN6O5S3/c68-61-57(71-65(82-61)72-66(46-29-13-3-14-30-46,47-31-15-4-16-32-47)48-33-17-5-18-34-48)58(73-79-67(49-35-19-6-20-36-49,50-37-21-7-22-38-50)51-39-23-8-24-40-51)62(75)70-56-53-41-52(55(44-25-9-1-10-26-44)45-27-11-2-12-28-45)60(81-54-42-80-43-69-54)59(64(77)78)74(53)63(56)76/h1-40,42-43,52-53,55-56H,41H2,(H,70,75)(H,71,72)(H,77,78)/t52?,53-,56+/m1/s1. The summed E-state index contributed by atoms with van der Waals surface area (Å²) in [6.45, 7) is 0. The van der Waals surface area contributed by atoms with Crippen LogP contribution in [0, 0.1) is 5.92 Å². The van der Waals surface area contributed by atoms with E-state index in [1.807, 2.05) is 212 Å². The number of β-lactam (4-membered cyclic amide) rings is 1. The molecule has 0 bridgehead atoms. The Hall–Kier alpha value is -8.92. The smallest absolute Gasteiger partial charge is 0.353 e. The molecule has 1 saturated heterocycles. The van der Waals surface area contributed by atoms with Gasteiger partial charge in [0, 0.05) is 38.8 Å². The lowest BCUT2D eigenvalue weighted by molar-refractivity contribution is -0.156. The molecule has 0 radical (unpaired) electrons. The van der Waals surface area contributed by atoms with Gasteiger partial charge in [0.15, 0.2) is 10.8 Å². The first kappa shape index (κ1) is 53.7. The number of aromatic nitrogens is 2.